The maximum absolute atomic E-state index is 12.8. The topological polar surface area (TPSA) is 66.5 Å². The minimum atomic E-state index is -3.64. The quantitative estimate of drug-likeness (QED) is 0.735. The van der Waals surface area contributed by atoms with Gasteiger partial charge in [-0.05, 0) is 48.2 Å². The number of carbonyl (C=O) groups excluding carboxylic acids is 1. The van der Waals surface area contributed by atoms with Gasteiger partial charge in [0.2, 0.25) is 0 Å². The van der Waals surface area contributed by atoms with Crippen molar-refractivity contribution in [3.8, 4) is 0 Å². The molecule has 2 aromatic carbocycles. The first-order chi connectivity index (χ1) is 12.7. The molecule has 0 fully saturated rings. The van der Waals surface area contributed by atoms with Gasteiger partial charge >= 0.3 is 0 Å². The summed E-state index contributed by atoms with van der Waals surface area (Å²) in [6.07, 6.45) is 0. The Hall–Kier alpha value is -2.34. The van der Waals surface area contributed by atoms with Gasteiger partial charge in [0.25, 0.3) is 15.9 Å². The molecule has 0 aromatic heterocycles. The summed E-state index contributed by atoms with van der Waals surface area (Å²) in [6.45, 7) is 9.73. The second-order valence-corrected chi connectivity index (χ2v) is 9.18. The van der Waals surface area contributed by atoms with Gasteiger partial charge in [0.15, 0.2) is 0 Å². The van der Waals surface area contributed by atoms with Gasteiger partial charge in [0, 0.05) is 24.3 Å². The van der Waals surface area contributed by atoms with E-state index in [4.69, 9.17) is 0 Å². The van der Waals surface area contributed by atoms with Crippen molar-refractivity contribution in [3.05, 3.63) is 60.2 Å². The van der Waals surface area contributed by atoms with Crippen LogP contribution in [0, 0.1) is 11.8 Å². The Kier molecular flexibility index (Phi) is 7.02. The summed E-state index contributed by atoms with van der Waals surface area (Å²) >= 11 is 0. The fraction of sp³-hybridized carbons (Fsp3) is 0.381. The summed E-state index contributed by atoms with van der Waals surface area (Å²) in [4.78, 5) is 14.9. The molecule has 0 bridgehead atoms. The van der Waals surface area contributed by atoms with E-state index in [1.807, 2.05) is 4.90 Å². The molecular formula is C21H28N2O3S. The third-order valence-electron chi connectivity index (χ3n) is 3.90. The van der Waals surface area contributed by atoms with Crippen LogP contribution in [0.1, 0.15) is 38.1 Å². The van der Waals surface area contributed by atoms with Crippen molar-refractivity contribution in [1.82, 2.24) is 4.90 Å². The summed E-state index contributed by atoms with van der Waals surface area (Å²) < 4.78 is 27.3. The van der Waals surface area contributed by atoms with Gasteiger partial charge in [-0.25, -0.2) is 8.42 Å². The maximum Gasteiger partial charge on any atom is 0.261 e. The van der Waals surface area contributed by atoms with E-state index in [1.54, 1.807) is 42.5 Å². The number of anilines is 1. The molecule has 0 saturated carbocycles. The van der Waals surface area contributed by atoms with Crippen LogP contribution in [-0.2, 0) is 10.0 Å². The average molecular weight is 389 g/mol. The van der Waals surface area contributed by atoms with E-state index < -0.39 is 10.0 Å². The van der Waals surface area contributed by atoms with Crippen LogP contribution in [0.4, 0.5) is 5.69 Å². The van der Waals surface area contributed by atoms with Crippen LogP contribution < -0.4 is 4.72 Å². The van der Waals surface area contributed by atoms with Crippen molar-refractivity contribution in [2.75, 3.05) is 17.8 Å². The highest BCUT2D eigenvalue weighted by Crippen LogP contribution is 2.18. The van der Waals surface area contributed by atoms with E-state index in [-0.39, 0.29) is 10.8 Å². The van der Waals surface area contributed by atoms with Gasteiger partial charge in [-0.15, -0.1) is 0 Å². The molecule has 0 atom stereocenters. The Morgan fingerprint density at radius 1 is 0.889 bits per heavy atom. The third-order valence-corrected chi connectivity index (χ3v) is 5.29. The van der Waals surface area contributed by atoms with Crippen LogP contribution in [0.25, 0.3) is 0 Å². The lowest BCUT2D eigenvalue weighted by Crippen LogP contribution is -2.37. The van der Waals surface area contributed by atoms with E-state index in [0.717, 1.165) is 0 Å². The standard InChI is InChI=1S/C21H28N2O3S/c1-16(2)14-23(15-17(3)4)21(24)18-10-12-19(13-11-18)22-27(25,26)20-8-6-5-7-9-20/h5-13,16-17,22H,14-15H2,1-4H3. The van der Waals surface area contributed by atoms with Crippen molar-refractivity contribution < 1.29 is 13.2 Å². The highest BCUT2D eigenvalue weighted by molar-refractivity contribution is 7.92. The molecule has 0 aliphatic heterocycles. The summed E-state index contributed by atoms with van der Waals surface area (Å²) in [5, 5.41) is 0. The summed E-state index contributed by atoms with van der Waals surface area (Å²) in [5.41, 5.74) is 0.980. The van der Waals surface area contributed by atoms with Crippen LogP contribution in [0.5, 0.6) is 0 Å². The Morgan fingerprint density at radius 3 is 1.89 bits per heavy atom. The zero-order valence-electron chi connectivity index (χ0n) is 16.3. The SMILES string of the molecule is CC(C)CN(CC(C)C)C(=O)c1ccc(NS(=O)(=O)c2ccccc2)cc1. The van der Waals surface area contributed by atoms with Crippen molar-refractivity contribution in [2.24, 2.45) is 11.8 Å². The minimum Gasteiger partial charge on any atom is -0.338 e. The number of sulfonamides is 1. The molecule has 5 nitrogen and oxygen atoms in total. The number of benzene rings is 2. The average Bonchev–Trinajstić information content (AvgIpc) is 2.61. The number of nitrogens with zero attached hydrogens (tertiary/aromatic N) is 1. The fourth-order valence-electron chi connectivity index (χ4n) is 2.80. The highest BCUT2D eigenvalue weighted by Gasteiger charge is 2.19. The molecule has 0 saturated heterocycles. The smallest absolute Gasteiger partial charge is 0.261 e. The van der Waals surface area contributed by atoms with Gasteiger partial charge in [0.1, 0.15) is 0 Å². The first-order valence-corrected chi connectivity index (χ1v) is 10.6. The number of nitrogens with one attached hydrogen (secondary N) is 1. The fourth-order valence-corrected chi connectivity index (χ4v) is 3.88. The van der Waals surface area contributed by atoms with Gasteiger partial charge in [0.05, 0.1) is 4.90 Å². The predicted octanol–water partition coefficient (Wildman–Crippen LogP) is 4.24. The van der Waals surface area contributed by atoms with Gasteiger partial charge in [-0.1, -0.05) is 45.9 Å². The molecular weight excluding hydrogens is 360 g/mol. The second kappa shape index (κ2) is 9.04. The molecule has 0 aliphatic carbocycles. The molecule has 1 amide bonds. The summed E-state index contributed by atoms with van der Waals surface area (Å²) in [7, 11) is -3.64. The zero-order valence-corrected chi connectivity index (χ0v) is 17.2. The minimum absolute atomic E-state index is 0.0325. The van der Waals surface area contributed by atoms with Crippen LogP contribution in [0.3, 0.4) is 0 Å². The lowest BCUT2D eigenvalue weighted by Gasteiger charge is -2.26. The molecule has 0 radical (unpaired) electrons. The molecule has 1 N–H and O–H groups in total. The van der Waals surface area contributed by atoms with Crippen LogP contribution in [0.2, 0.25) is 0 Å². The lowest BCUT2D eigenvalue weighted by molar-refractivity contribution is 0.0715. The van der Waals surface area contributed by atoms with E-state index >= 15 is 0 Å². The molecule has 0 spiro atoms. The first-order valence-electron chi connectivity index (χ1n) is 9.16. The largest absolute Gasteiger partial charge is 0.338 e. The van der Waals surface area contributed by atoms with E-state index in [0.29, 0.717) is 36.2 Å². The molecule has 0 heterocycles. The Morgan fingerprint density at radius 2 is 1.41 bits per heavy atom. The van der Waals surface area contributed by atoms with Crippen LogP contribution in [0.15, 0.2) is 59.5 Å². The number of hydrogen-bond acceptors (Lipinski definition) is 3. The summed E-state index contributed by atoms with van der Waals surface area (Å²) in [6, 6.07) is 14.8. The van der Waals surface area contributed by atoms with Gasteiger partial charge in [-0.2, -0.15) is 0 Å². The second-order valence-electron chi connectivity index (χ2n) is 7.49. The van der Waals surface area contributed by atoms with E-state index in [9.17, 15) is 13.2 Å². The third kappa shape index (κ3) is 6.10. The van der Waals surface area contributed by atoms with E-state index in [1.165, 1.54) is 12.1 Å². The number of hydrogen-bond donors (Lipinski definition) is 1. The summed E-state index contributed by atoms with van der Waals surface area (Å²) in [5.74, 6) is 0.726. The molecule has 0 aliphatic rings. The first kappa shape index (κ1) is 21.0. The van der Waals surface area contributed by atoms with Gasteiger partial charge in [-0.3, -0.25) is 9.52 Å². The monoisotopic (exact) mass is 388 g/mol. The van der Waals surface area contributed by atoms with Crippen molar-refractivity contribution in [1.29, 1.82) is 0 Å². The number of carbonyl (C=O) groups is 1. The molecule has 6 heteroatoms. The normalized spacial score (nSPS) is 11.6. The molecule has 146 valence electrons. The Balaban J connectivity index is 2.15. The highest BCUT2D eigenvalue weighted by atomic mass is 32.2. The molecule has 27 heavy (non-hydrogen) atoms. The predicted molar refractivity (Wildman–Crippen MR) is 109 cm³/mol. The van der Waals surface area contributed by atoms with Gasteiger partial charge < -0.3 is 4.90 Å². The van der Waals surface area contributed by atoms with Crippen molar-refractivity contribution >= 4 is 21.6 Å². The van der Waals surface area contributed by atoms with Crippen LogP contribution in [-0.4, -0.2) is 32.3 Å². The zero-order chi connectivity index (χ0) is 20.0. The molecule has 2 aromatic rings. The maximum atomic E-state index is 12.8. The van der Waals surface area contributed by atoms with Crippen LogP contribution >= 0.6 is 0 Å². The Labute approximate surface area is 162 Å². The van der Waals surface area contributed by atoms with Crippen molar-refractivity contribution in [2.45, 2.75) is 32.6 Å². The molecule has 0 unspecified atom stereocenters. The lowest BCUT2D eigenvalue weighted by atomic mass is 10.1. The number of amides is 1. The molecule has 2 rings (SSSR count). The number of rotatable bonds is 8. The van der Waals surface area contributed by atoms with E-state index in [2.05, 4.69) is 32.4 Å². The Bertz CT molecular complexity index is 835. The van der Waals surface area contributed by atoms with Crippen molar-refractivity contribution in [3.63, 3.8) is 0 Å².